The molecule has 0 rings (SSSR count). The van der Waals surface area contributed by atoms with E-state index in [4.69, 9.17) is 8.85 Å². The van der Waals surface area contributed by atoms with Crippen LogP contribution in [0.15, 0.2) is 0 Å². The Bertz CT molecular complexity index is 235. The first-order chi connectivity index (χ1) is 10.6. The van der Waals surface area contributed by atoms with Crippen molar-refractivity contribution < 1.29 is 8.85 Å². The Morgan fingerprint density at radius 2 is 1.00 bits per heavy atom. The van der Waals surface area contributed by atoms with E-state index in [0.717, 1.165) is 0 Å². The van der Waals surface area contributed by atoms with Gasteiger partial charge in [-0.15, -0.1) is 0 Å². The van der Waals surface area contributed by atoms with Gasteiger partial charge in [0, 0.05) is 25.7 Å². The van der Waals surface area contributed by atoms with Crippen LogP contribution in [0.4, 0.5) is 0 Å². The van der Waals surface area contributed by atoms with Crippen LogP contribution in [0, 0.1) is 0 Å². The van der Waals surface area contributed by atoms with Crippen molar-refractivity contribution in [3.05, 3.63) is 0 Å². The van der Waals surface area contributed by atoms with Crippen molar-refractivity contribution in [2.24, 2.45) is 0 Å². The molecular formula is C16H38O2S2Si2. The van der Waals surface area contributed by atoms with E-state index in [9.17, 15) is 0 Å². The van der Waals surface area contributed by atoms with Gasteiger partial charge < -0.3 is 8.85 Å². The van der Waals surface area contributed by atoms with Gasteiger partial charge in [-0.05, 0) is 22.9 Å². The lowest BCUT2D eigenvalue weighted by Gasteiger charge is -2.31. The highest BCUT2D eigenvalue weighted by Crippen LogP contribution is 2.42. The summed E-state index contributed by atoms with van der Waals surface area (Å²) in [6, 6.07) is 0. The van der Waals surface area contributed by atoms with Gasteiger partial charge >= 0.3 is 0 Å². The highest BCUT2D eigenvalue weighted by molar-refractivity contribution is 8.76. The first-order valence-corrected chi connectivity index (χ1v) is 13.9. The van der Waals surface area contributed by atoms with E-state index in [1.54, 1.807) is 0 Å². The maximum atomic E-state index is 5.58. The third-order valence-corrected chi connectivity index (χ3v) is 12.3. The lowest BCUT2D eigenvalue weighted by atomic mass is 9.99. The highest BCUT2D eigenvalue weighted by Gasteiger charge is 2.28. The van der Waals surface area contributed by atoms with Crippen molar-refractivity contribution in [3.8, 4) is 0 Å². The Balaban J connectivity index is 4.01. The largest absolute Gasteiger partial charge is 0.427 e. The summed E-state index contributed by atoms with van der Waals surface area (Å²) in [5, 5.41) is 1.06. The van der Waals surface area contributed by atoms with Gasteiger partial charge in [0.1, 0.15) is 0 Å². The first-order valence-electron chi connectivity index (χ1n) is 8.79. The van der Waals surface area contributed by atoms with Gasteiger partial charge in [0.2, 0.25) is 0 Å². The van der Waals surface area contributed by atoms with Gasteiger partial charge in [0.05, 0.1) is 0 Å². The van der Waals surface area contributed by atoms with Crippen molar-refractivity contribution >= 4 is 41.1 Å². The molecule has 6 heteroatoms. The fourth-order valence-corrected chi connectivity index (χ4v) is 8.68. The third kappa shape index (κ3) is 8.24. The van der Waals surface area contributed by atoms with Gasteiger partial charge in [-0.3, -0.25) is 0 Å². The summed E-state index contributed by atoms with van der Waals surface area (Å²) < 4.78 is 11.2. The van der Waals surface area contributed by atoms with Crippen molar-refractivity contribution in [1.29, 1.82) is 0 Å². The van der Waals surface area contributed by atoms with Crippen molar-refractivity contribution in [1.82, 2.24) is 0 Å². The summed E-state index contributed by atoms with van der Waals surface area (Å²) in [7, 11) is 7.17. The monoisotopic (exact) mass is 382 g/mol. The molecule has 0 radical (unpaired) electrons. The number of hydrogen-bond acceptors (Lipinski definition) is 4. The highest BCUT2D eigenvalue weighted by atomic mass is 33.1. The van der Waals surface area contributed by atoms with E-state index in [1.165, 1.54) is 50.0 Å². The second-order valence-corrected chi connectivity index (χ2v) is 13.9. The molecule has 0 amide bonds. The van der Waals surface area contributed by atoms with E-state index in [0.29, 0.717) is 10.1 Å². The van der Waals surface area contributed by atoms with Crippen LogP contribution in [0.1, 0.15) is 66.2 Å². The number of rotatable bonds is 15. The maximum absolute atomic E-state index is 5.58. The Morgan fingerprint density at radius 3 is 1.23 bits per heavy atom. The zero-order chi connectivity index (χ0) is 16.9. The Morgan fingerprint density at radius 1 is 0.682 bits per heavy atom. The molecule has 0 saturated heterocycles. The third-order valence-electron chi connectivity index (χ3n) is 5.42. The molecule has 0 aromatic heterocycles. The van der Waals surface area contributed by atoms with Crippen molar-refractivity contribution in [3.63, 3.8) is 0 Å². The van der Waals surface area contributed by atoms with E-state index in [2.05, 4.69) is 49.3 Å². The predicted octanol–water partition coefficient (Wildman–Crippen LogP) is 4.57. The zero-order valence-corrected chi connectivity index (χ0v) is 20.2. The van der Waals surface area contributed by atoms with Gasteiger partial charge in [-0.25, -0.2) is 0 Å². The Labute approximate surface area is 151 Å². The standard InChI is InChI=1S/C16H38O2S2Si2/c1-7-15(8-2,21-17-5)11-13-19-20-14-12-16(9-3,10-4)22-18-6/h7-14,21-22H2,1-6H3. The molecular weight excluding hydrogens is 344 g/mol. The topological polar surface area (TPSA) is 18.5 Å². The first kappa shape index (κ1) is 23.1. The molecule has 0 N–H and O–H groups in total. The average molecular weight is 383 g/mol. The molecule has 0 fully saturated rings. The minimum atomic E-state index is -0.381. The second-order valence-electron chi connectivity index (χ2n) is 6.42. The van der Waals surface area contributed by atoms with Crippen LogP contribution >= 0.6 is 21.6 Å². The fraction of sp³-hybridized carbons (Fsp3) is 1.00. The van der Waals surface area contributed by atoms with Crippen LogP contribution in [-0.2, 0) is 8.85 Å². The summed E-state index contributed by atoms with van der Waals surface area (Å²) in [5.41, 5.74) is 0. The molecule has 0 spiro atoms. The quantitative estimate of drug-likeness (QED) is 0.234. The van der Waals surface area contributed by atoms with Gasteiger partial charge in [-0.2, -0.15) is 0 Å². The van der Waals surface area contributed by atoms with Crippen LogP contribution in [0.2, 0.25) is 10.1 Å². The second kappa shape index (κ2) is 13.4. The zero-order valence-electron chi connectivity index (χ0n) is 15.7. The van der Waals surface area contributed by atoms with E-state index < -0.39 is 0 Å². The van der Waals surface area contributed by atoms with Crippen molar-refractivity contribution in [2.45, 2.75) is 76.3 Å². The molecule has 0 atom stereocenters. The van der Waals surface area contributed by atoms with Crippen LogP contribution in [-0.4, -0.2) is 45.3 Å². The molecule has 0 unspecified atom stereocenters. The molecule has 0 bridgehead atoms. The molecule has 2 nitrogen and oxygen atoms in total. The molecule has 0 aromatic carbocycles. The summed E-state index contributed by atoms with van der Waals surface area (Å²) in [5.74, 6) is 2.55. The van der Waals surface area contributed by atoms with Gasteiger partial charge in [0.15, 0.2) is 19.5 Å². The maximum Gasteiger partial charge on any atom is 0.167 e. The summed E-state index contributed by atoms with van der Waals surface area (Å²) in [6.07, 6.45) is 7.78. The molecule has 0 saturated carbocycles. The smallest absolute Gasteiger partial charge is 0.167 e. The normalized spacial score (nSPS) is 13.9. The van der Waals surface area contributed by atoms with Gasteiger partial charge in [0.25, 0.3) is 0 Å². The average Bonchev–Trinajstić information content (AvgIpc) is 2.56. The van der Waals surface area contributed by atoms with Crippen LogP contribution in [0.25, 0.3) is 0 Å². The minimum absolute atomic E-state index is 0.381. The fourth-order valence-electron chi connectivity index (χ4n) is 3.01. The summed E-state index contributed by atoms with van der Waals surface area (Å²) in [4.78, 5) is 0. The molecule has 0 aromatic rings. The van der Waals surface area contributed by atoms with E-state index in [1.807, 2.05) is 14.2 Å². The van der Waals surface area contributed by atoms with Crippen molar-refractivity contribution in [2.75, 3.05) is 25.7 Å². The molecule has 0 aliphatic carbocycles. The van der Waals surface area contributed by atoms with E-state index >= 15 is 0 Å². The summed E-state index contributed by atoms with van der Waals surface area (Å²) >= 11 is 0. The Kier molecular flexibility index (Phi) is 14.0. The van der Waals surface area contributed by atoms with Gasteiger partial charge in [-0.1, -0.05) is 75.0 Å². The molecule has 134 valence electrons. The Hall–Kier alpha value is 1.05. The summed E-state index contributed by atoms with van der Waals surface area (Å²) in [6.45, 7) is 9.33. The lowest BCUT2D eigenvalue weighted by Crippen LogP contribution is -2.22. The van der Waals surface area contributed by atoms with Crippen LogP contribution in [0.5, 0.6) is 0 Å². The molecule has 22 heavy (non-hydrogen) atoms. The molecule has 0 aliphatic heterocycles. The minimum Gasteiger partial charge on any atom is -0.427 e. The van der Waals surface area contributed by atoms with Crippen LogP contribution < -0.4 is 0 Å². The number of hydrogen-bond donors (Lipinski definition) is 0. The lowest BCUT2D eigenvalue weighted by molar-refractivity contribution is 0.375. The molecule has 0 aliphatic rings. The predicted molar refractivity (Wildman–Crippen MR) is 112 cm³/mol. The molecule has 0 heterocycles. The van der Waals surface area contributed by atoms with Crippen LogP contribution in [0.3, 0.4) is 0 Å². The SMILES string of the molecule is CCC(CC)(CCSSCCC(CC)(CC)[SiH2]OC)[SiH2]OC. The van der Waals surface area contributed by atoms with E-state index in [-0.39, 0.29) is 19.5 Å².